The lowest BCUT2D eigenvalue weighted by atomic mass is 10.2. The maximum Gasteiger partial charge on any atom is 0.326 e. The van der Waals surface area contributed by atoms with Crippen molar-refractivity contribution in [1.82, 2.24) is 5.32 Å². The van der Waals surface area contributed by atoms with Crippen molar-refractivity contribution in [2.75, 3.05) is 17.2 Å². The van der Waals surface area contributed by atoms with E-state index < -0.39 is 0 Å². The number of thioether (sulfide) groups is 1. The summed E-state index contributed by atoms with van der Waals surface area (Å²) in [6.45, 7) is 0.616. The third-order valence-corrected chi connectivity index (χ3v) is 6.75. The summed E-state index contributed by atoms with van der Waals surface area (Å²) >= 11 is 9.41. The Balaban J connectivity index is 1.37. The molecule has 0 saturated heterocycles. The van der Waals surface area contributed by atoms with Gasteiger partial charge in [-0.05, 0) is 42.0 Å². The smallest absolute Gasteiger partial charge is 0.326 e. The Morgan fingerprint density at radius 1 is 0.929 bits per heavy atom. The number of benzene rings is 3. The second-order valence-electron chi connectivity index (χ2n) is 6.28. The first-order chi connectivity index (χ1) is 13.7. The van der Waals surface area contributed by atoms with Gasteiger partial charge in [0.05, 0.1) is 11.4 Å². The molecule has 3 aromatic carbocycles. The van der Waals surface area contributed by atoms with E-state index in [4.69, 9.17) is 11.6 Å². The average Bonchev–Trinajstić information content (AvgIpc) is 2.73. The highest BCUT2D eigenvalue weighted by molar-refractivity contribution is 7.99. The number of para-hydroxylation sites is 2. The first kappa shape index (κ1) is 19.2. The van der Waals surface area contributed by atoms with Crippen molar-refractivity contribution in [2.45, 2.75) is 15.5 Å². The van der Waals surface area contributed by atoms with Gasteiger partial charge >= 0.3 is 6.03 Å². The van der Waals surface area contributed by atoms with Gasteiger partial charge in [-0.2, -0.15) is 11.8 Å². The van der Waals surface area contributed by atoms with Crippen molar-refractivity contribution in [1.29, 1.82) is 0 Å². The van der Waals surface area contributed by atoms with E-state index in [1.807, 2.05) is 60.7 Å². The SMILES string of the molecule is O=C(NCCSCc1ccc(Cl)cc1)N1c2ccccc2Sc2ccccc21. The minimum atomic E-state index is -0.0905. The Morgan fingerprint density at radius 2 is 1.54 bits per heavy atom. The van der Waals surface area contributed by atoms with Gasteiger partial charge in [0.15, 0.2) is 0 Å². The quantitative estimate of drug-likeness (QED) is 0.467. The van der Waals surface area contributed by atoms with Gasteiger partial charge in [-0.1, -0.05) is 59.8 Å². The lowest BCUT2D eigenvalue weighted by Crippen LogP contribution is -2.39. The number of carbonyl (C=O) groups is 1. The number of carbonyl (C=O) groups excluding carboxylic acids is 1. The first-order valence-electron chi connectivity index (χ1n) is 8.98. The summed E-state index contributed by atoms with van der Waals surface area (Å²) in [5.41, 5.74) is 3.09. The molecule has 3 aromatic rings. The van der Waals surface area contributed by atoms with E-state index >= 15 is 0 Å². The highest BCUT2D eigenvalue weighted by Crippen LogP contribution is 2.47. The lowest BCUT2D eigenvalue weighted by Gasteiger charge is -2.31. The normalized spacial score (nSPS) is 12.2. The number of hydrogen-bond donors (Lipinski definition) is 1. The van der Waals surface area contributed by atoms with E-state index in [2.05, 4.69) is 17.4 Å². The summed E-state index contributed by atoms with van der Waals surface area (Å²) in [5, 5.41) is 3.82. The van der Waals surface area contributed by atoms with Crippen LogP contribution in [0.3, 0.4) is 0 Å². The van der Waals surface area contributed by atoms with Crippen molar-refractivity contribution in [3.05, 3.63) is 83.4 Å². The van der Waals surface area contributed by atoms with Crippen molar-refractivity contribution in [3.63, 3.8) is 0 Å². The fraction of sp³-hybridized carbons (Fsp3) is 0.136. The molecule has 1 aliphatic heterocycles. The third kappa shape index (κ3) is 4.32. The largest absolute Gasteiger partial charge is 0.337 e. The Hall–Kier alpha value is -2.08. The molecular formula is C22H19ClN2OS2. The summed E-state index contributed by atoms with van der Waals surface area (Å²) in [4.78, 5) is 16.9. The molecule has 1 heterocycles. The molecular weight excluding hydrogens is 408 g/mol. The molecule has 6 heteroatoms. The van der Waals surface area contributed by atoms with Crippen LogP contribution in [0.2, 0.25) is 5.02 Å². The monoisotopic (exact) mass is 426 g/mol. The molecule has 0 aromatic heterocycles. The predicted octanol–water partition coefficient (Wildman–Crippen LogP) is 6.59. The van der Waals surface area contributed by atoms with Crippen molar-refractivity contribution in [2.24, 2.45) is 0 Å². The van der Waals surface area contributed by atoms with Gasteiger partial charge in [0.1, 0.15) is 0 Å². The van der Waals surface area contributed by atoms with Crippen molar-refractivity contribution >= 4 is 52.5 Å². The summed E-state index contributed by atoms with van der Waals surface area (Å²) < 4.78 is 0. The van der Waals surface area contributed by atoms with Gasteiger partial charge in [-0.25, -0.2) is 4.79 Å². The highest BCUT2D eigenvalue weighted by Gasteiger charge is 2.27. The summed E-state index contributed by atoms with van der Waals surface area (Å²) in [6, 6.07) is 23.8. The zero-order valence-corrected chi connectivity index (χ0v) is 17.5. The van der Waals surface area contributed by atoms with Crippen LogP contribution in [-0.2, 0) is 5.75 Å². The fourth-order valence-electron chi connectivity index (χ4n) is 3.00. The molecule has 0 bridgehead atoms. The number of anilines is 2. The van der Waals surface area contributed by atoms with Gasteiger partial charge in [0.2, 0.25) is 0 Å². The van der Waals surface area contributed by atoms with Crippen LogP contribution in [-0.4, -0.2) is 18.3 Å². The molecule has 28 heavy (non-hydrogen) atoms. The highest BCUT2D eigenvalue weighted by atomic mass is 35.5. The van der Waals surface area contributed by atoms with Gasteiger partial charge in [0, 0.05) is 32.9 Å². The van der Waals surface area contributed by atoms with Gasteiger partial charge in [0.25, 0.3) is 0 Å². The molecule has 0 spiro atoms. The van der Waals surface area contributed by atoms with Crippen LogP contribution in [0.25, 0.3) is 0 Å². The van der Waals surface area contributed by atoms with E-state index in [1.165, 1.54) is 5.56 Å². The van der Waals surface area contributed by atoms with Crippen molar-refractivity contribution < 1.29 is 4.79 Å². The summed E-state index contributed by atoms with van der Waals surface area (Å²) in [5.74, 6) is 1.75. The summed E-state index contributed by atoms with van der Waals surface area (Å²) in [6.07, 6.45) is 0. The first-order valence-corrected chi connectivity index (χ1v) is 11.3. The number of nitrogens with one attached hydrogen (secondary N) is 1. The molecule has 4 rings (SSSR count). The average molecular weight is 427 g/mol. The molecule has 0 aliphatic carbocycles. The molecule has 1 N–H and O–H groups in total. The van der Waals surface area contributed by atoms with Crippen LogP contribution in [0.4, 0.5) is 16.2 Å². The number of fused-ring (bicyclic) bond motifs is 2. The zero-order valence-electron chi connectivity index (χ0n) is 15.1. The maximum atomic E-state index is 13.0. The minimum Gasteiger partial charge on any atom is -0.337 e. The number of nitrogens with zero attached hydrogens (tertiary/aromatic N) is 1. The topological polar surface area (TPSA) is 32.3 Å². The molecule has 0 radical (unpaired) electrons. The molecule has 1 aliphatic rings. The number of halogens is 1. The van der Waals surface area contributed by atoms with Crippen LogP contribution in [0.1, 0.15) is 5.56 Å². The standard InChI is InChI=1S/C22H19ClN2OS2/c23-17-11-9-16(10-12-17)15-27-14-13-24-22(26)25-18-5-1-3-7-20(18)28-21-8-4-2-6-19(21)25/h1-12H,13-15H2,(H,24,26). The van der Waals surface area contributed by atoms with E-state index in [9.17, 15) is 4.79 Å². The second-order valence-corrected chi connectivity index (χ2v) is 8.91. The Bertz CT molecular complexity index is 933. The molecule has 0 atom stereocenters. The molecule has 3 nitrogen and oxygen atoms in total. The van der Waals surface area contributed by atoms with Crippen LogP contribution >= 0.6 is 35.1 Å². The molecule has 0 fully saturated rings. The minimum absolute atomic E-state index is 0.0905. The summed E-state index contributed by atoms with van der Waals surface area (Å²) in [7, 11) is 0. The van der Waals surface area contributed by atoms with Crippen LogP contribution in [0.5, 0.6) is 0 Å². The van der Waals surface area contributed by atoms with Crippen LogP contribution in [0, 0.1) is 0 Å². The van der Waals surface area contributed by atoms with E-state index in [0.717, 1.165) is 37.7 Å². The molecule has 0 saturated carbocycles. The number of amides is 2. The fourth-order valence-corrected chi connectivity index (χ4v) is 5.01. The number of hydrogen-bond acceptors (Lipinski definition) is 3. The number of rotatable bonds is 5. The van der Waals surface area contributed by atoms with Gasteiger partial charge in [-0.3, -0.25) is 4.90 Å². The zero-order chi connectivity index (χ0) is 19.3. The molecule has 0 unspecified atom stereocenters. The van der Waals surface area contributed by atoms with Crippen LogP contribution in [0.15, 0.2) is 82.6 Å². The Kier molecular flexibility index (Phi) is 6.15. The van der Waals surface area contributed by atoms with E-state index in [0.29, 0.717) is 6.54 Å². The predicted molar refractivity (Wildman–Crippen MR) is 120 cm³/mol. The van der Waals surface area contributed by atoms with Gasteiger partial charge < -0.3 is 5.32 Å². The lowest BCUT2D eigenvalue weighted by molar-refractivity contribution is 0.249. The van der Waals surface area contributed by atoms with Crippen LogP contribution < -0.4 is 10.2 Å². The maximum absolute atomic E-state index is 13.0. The second kappa shape index (κ2) is 8.95. The molecule has 2 amide bonds. The Morgan fingerprint density at radius 3 is 2.18 bits per heavy atom. The number of urea groups is 1. The third-order valence-electron chi connectivity index (χ3n) is 4.34. The van der Waals surface area contributed by atoms with E-state index in [-0.39, 0.29) is 6.03 Å². The van der Waals surface area contributed by atoms with Gasteiger partial charge in [-0.15, -0.1) is 0 Å². The molecule has 142 valence electrons. The Labute approximate surface area is 178 Å². The van der Waals surface area contributed by atoms with E-state index in [1.54, 1.807) is 28.4 Å². The van der Waals surface area contributed by atoms with Crippen molar-refractivity contribution in [3.8, 4) is 0 Å².